The molecule has 0 heterocycles. The van der Waals surface area contributed by atoms with Gasteiger partial charge in [-0.1, -0.05) is 0 Å². The highest BCUT2D eigenvalue weighted by atomic mass is 19.1. The minimum Gasteiger partial charge on any atom is -0.466 e. The molecule has 1 aromatic rings. The van der Waals surface area contributed by atoms with E-state index in [1.165, 1.54) is 12.1 Å². The number of benzene rings is 1. The van der Waals surface area contributed by atoms with Crippen molar-refractivity contribution in [1.82, 2.24) is 0 Å². The molecule has 0 atom stereocenters. The highest BCUT2D eigenvalue weighted by molar-refractivity contribution is 5.69. The fraction of sp³-hybridized carbons (Fsp3) is 0.417. The lowest BCUT2D eigenvalue weighted by Gasteiger charge is -2.07. The number of esters is 1. The number of rotatable bonds is 6. The van der Waals surface area contributed by atoms with Gasteiger partial charge in [0.05, 0.1) is 6.61 Å². The molecule has 0 saturated carbocycles. The van der Waals surface area contributed by atoms with Crippen LogP contribution in [0.15, 0.2) is 18.2 Å². The van der Waals surface area contributed by atoms with E-state index in [9.17, 15) is 9.18 Å². The van der Waals surface area contributed by atoms with Gasteiger partial charge in [-0.05, 0) is 31.5 Å². The van der Waals surface area contributed by atoms with Crippen molar-refractivity contribution in [3.63, 3.8) is 0 Å². The van der Waals surface area contributed by atoms with Crippen molar-refractivity contribution in [2.24, 2.45) is 0 Å². The maximum atomic E-state index is 13.0. The molecule has 0 aliphatic rings. The van der Waals surface area contributed by atoms with E-state index in [1.807, 2.05) is 0 Å². The Morgan fingerprint density at radius 2 is 2.24 bits per heavy atom. The number of carbonyl (C=O) groups excluding carboxylic acids is 1. The molecule has 5 heteroatoms. The number of nitrogen functional groups attached to an aromatic ring is 1. The SMILES string of the molecule is CCOC(=O)CCCNc1cc(N)cc(F)c1. The fourth-order valence-electron chi connectivity index (χ4n) is 1.41. The average Bonchev–Trinajstić information content (AvgIpc) is 2.23. The number of nitrogens with two attached hydrogens (primary N) is 1. The van der Waals surface area contributed by atoms with Gasteiger partial charge in [0, 0.05) is 24.3 Å². The molecule has 4 nitrogen and oxygen atoms in total. The normalized spacial score (nSPS) is 10.0. The van der Waals surface area contributed by atoms with Gasteiger partial charge in [-0.3, -0.25) is 4.79 Å². The van der Waals surface area contributed by atoms with Gasteiger partial charge in [-0.2, -0.15) is 0 Å². The Morgan fingerprint density at radius 3 is 2.88 bits per heavy atom. The third-order valence-corrected chi connectivity index (χ3v) is 2.11. The number of carbonyl (C=O) groups is 1. The molecule has 0 aliphatic carbocycles. The van der Waals surface area contributed by atoms with Crippen LogP contribution in [0, 0.1) is 5.82 Å². The van der Waals surface area contributed by atoms with Crippen LogP contribution in [-0.2, 0) is 9.53 Å². The fourth-order valence-corrected chi connectivity index (χ4v) is 1.41. The molecule has 1 rings (SSSR count). The van der Waals surface area contributed by atoms with E-state index in [4.69, 9.17) is 10.5 Å². The maximum Gasteiger partial charge on any atom is 0.305 e. The van der Waals surface area contributed by atoms with Crippen molar-refractivity contribution in [2.75, 3.05) is 24.2 Å². The van der Waals surface area contributed by atoms with E-state index in [1.54, 1.807) is 13.0 Å². The molecule has 0 fully saturated rings. The molecule has 0 aliphatic heterocycles. The number of hydrogen-bond donors (Lipinski definition) is 2. The van der Waals surface area contributed by atoms with Crippen molar-refractivity contribution >= 4 is 17.3 Å². The van der Waals surface area contributed by atoms with E-state index < -0.39 is 0 Å². The van der Waals surface area contributed by atoms with Gasteiger partial charge in [0.2, 0.25) is 0 Å². The first-order valence-electron chi connectivity index (χ1n) is 5.57. The first-order valence-corrected chi connectivity index (χ1v) is 5.57. The van der Waals surface area contributed by atoms with Crippen LogP contribution in [0.3, 0.4) is 0 Å². The number of nitrogens with one attached hydrogen (secondary N) is 1. The molecule has 3 N–H and O–H groups in total. The number of ether oxygens (including phenoxy) is 1. The second-order valence-corrected chi connectivity index (χ2v) is 3.61. The highest BCUT2D eigenvalue weighted by Crippen LogP contribution is 2.15. The zero-order chi connectivity index (χ0) is 12.7. The van der Waals surface area contributed by atoms with Crippen LogP contribution < -0.4 is 11.1 Å². The van der Waals surface area contributed by atoms with Crippen molar-refractivity contribution in [2.45, 2.75) is 19.8 Å². The predicted molar refractivity (Wildman–Crippen MR) is 65.2 cm³/mol. The van der Waals surface area contributed by atoms with Gasteiger partial charge in [0.15, 0.2) is 0 Å². The second kappa shape index (κ2) is 6.73. The van der Waals surface area contributed by atoms with Crippen molar-refractivity contribution in [3.8, 4) is 0 Å². The summed E-state index contributed by atoms with van der Waals surface area (Å²) >= 11 is 0. The third kappa shape index (κ3) is 5.19. The largest absolute Gasteiger partial charge is 0.466 e. The highest BCUT2D eigenvalue weighted by Gasteiger charge is 2.01. The van der Waals surface area contributed by atoms with Crippen LogP contribution in [0.25, 0.3) is 0 Å². The lowest BCUT2D eigenvalue weighted by molar-refractivity contribution is -0.143. The number of halogens is 1. The van der Waals surface area contributed by atoms with Crippen LogP contribution >= 0.6 is 0 Å². The van der Waals surface area contributed by atoms with Crippen molar-refractivity contribution in [1.29, 1.82) is 0 Å². The van der Waals surface area contributed by atoms with Gasteiger partial charge >= 0.3 is 5.97 Å². The molecule has 1 aromatic carbocycles. The zero-order valence-corrected chi connectivity index (χ0v) is 9.83. The zero-order valence-electron chi connectivity index (χ0n) is 9.83. The molecule has 17 heavy (non-hydrogen) atoms. The average molecular weight is 240 g/mol. The van der Waals surface area contributed by atoms with E-state index >= 15 is 0 Å². The lowest BCUT2D eigenvalue weighted by Crippen LogP contribution is -2.08. The third-order valence-electron chi connectivity index (χ3n) is 2.11. The van der Waals surface area contributed by atoms with E-state index in [0.29, 0.717) is 37.4 Å². The van der Waals surface area contributed by atoms with Crippen LogP contribution in [0.4, 0.5) is 15.8 Å². The summed E-state index contributed by atoms with van der Waals surface area (Å²) in [5.41, 5.74) is 6.49. The Bertz CT molecular complexity index is 363. The maximum absolute atomic E-state index is 13.0. The molecule has 94 valence electrons. The van der Waals surface area contributed by atoms with Gasteiger partial charge in [0.1, 0.15) is 5.82 Å². The van der Waals surface area contributed by atoms with Gasteiger partial charge in [-0.25, -0.2) is 4.39 Å². The van der Waals surface area contributed by atoms with Crippen molar-refractivity contribution < 1.29 is 13.9 Å². The topological polar surface area (TPSA) is 64.3 Å². The van der Waals surface area contributed by atoms with Crippen molar-refractivity contribution in [3.05, 3.63) is 24.0 Å². The van der Waals surface area contributed by atoms with E-state index in [0.717, 1.165) is 0 Å². The predicted octanol–water partition coefficient (Wildman–Crippen LogP) is 2.16. The Kier molecular flexibility index (Phi) is 5.26. The molecule has 0 bridgehead atoms. The first-order chi connectivity index (χ1) is 8.11. The summed E-state index contributed by atoms with van der Waals surface area (Å²) in [6.45, 7) is 2.74. The second-order valence-electron chi connectivity index (χ2n) is 3.61. The molecule has 0 saturated heterocycles. The summed E-state index contributed by atoms with van der Waals surface area (Å²) in [6.07, 6.45) is 0.987. The summed E-state index contributed by atoms with van der Waals surface area (Å²) in [6, 6.07) is 4.26. The van der Waals surface area contributed by atoms with Gasteiger partial charge in [0.25, 0.3) is 0 Å². The summed E-state index contributed by atoms with van der Waals surface area (Å²) < 4.78 is 17.8. The lowest BCUT2D eigenvalue weighted by atomic mass is 10.2. The Labute approximate surface area is 100.0 Å². The molecule has 0 radical (unpaired) electrons. The Morgan fingerprint density at radius 1 is 1.47 bits per heavy atom. The summed E-state index contributed by atoms with van der Waals surface area (Å²) in [5.74, 6) is -0.592. The van der Waals surface area contributed by atoms with Crippen LogP contribution in [-0.4, -0.2) is 19.1 Å². The summed E-state index contributed by atoms with van der Waals surface area (Å²) in [7, 11) is 0. The van der Waals surface area contributed by atoms with Gasteiger partial charge in [-0.15, -0.1) is 0 Å². The minimum atomic E-state index is -0.377. The standard InChI is InChI=1S/C12H17FN2O2/c1-2-17-12(16)4-3-5-15-11-7-9(13)6-10(14)8-11/h6-8,15H,2-5,14H2,1H3. The summed E-state index contributed by atoms with van der Waals surface area (Å²) in [5, 5.41) is 3.00. The molecular formula is C12H17FN2O2. The quantitative estimate of drug-likeness (QED) is 0.454. The smallest absolute Gasteiger partial charge is 0.305 e. The molecular weight excluding hydrogens is 223 g/mol. The van der Waals surface area contributed by atoms with Gasteiger partial charge < -0.3 is 15.8 Å². The number of anilines is 2. The van der Waals surface area contributed by atoms with E-state index in [-0.39, 0.29) is 11.8 Å². The number of hydrogen-bond acceptors (Lipinski definition) is 4. The monoisotopic (exact) mass is 240 g/mol. The van der Waals surface area contributed by atoms with E-state index in [2.05, 4.69) is 5.32 Å². The minimum absolute atomic E-state index is 0.215. The molecule has 0 amide bonds. The first kappa shape index (κ1) is 13.3. The Balaban J connectivity index is 2.28. The molecule has 0 unspecified atom stereocenters. The summed E-state index contributed by atoms with van der Waals surface area (Å²) in [4.78, 5) is 11.0. The Hall–Kier alpha value is -1.78. The van der Waals surface area contributed by atoms with Crippen LogP contribution in [0.5, 0.6) is 0 Å². The van der Waals surface area contributed by atoms with Crippen LogP contribution in [0.1, 0.15) is 19.8 Å². The molecule has 0 spiro atoms. The molecule has 0 aromatic heterocycles. The van der Waals surface area contributed by atoms with Crippen LogP contribution in [0.2, 0.25) is 0 Å².